The number of Topliss-reactive ketones (excluding diaryl/α,β-unsaturated/α-hetero) is 1. The second-order valence-corrected chi connectivity index (χ2v) is 5.05. The van der Waals surface area contributed by atoms with Gasteiger partial charge in [0.1, 0.15) is 5.75 Å². The van der Waals surface area contributed by atoms with Crippen molar-refractivity contribution in [3.05, 3.63) is 23.8 Å². The van der Waals surface area contributed by atoms with Gasteiger partial charge in [-0.2, -0.15) is 0 Å². The van der Waals surface area contributed by atoms with Crippen LogP contribution in [-0.4, -0.2) is 37.7 Å². The van der Waals surface area contributed by atoms with E-state index in [2.05, 4.69) is 4.90 Å². The maximum atomic E-state index is 11.9. The van der Waals surface area contributed by atoms with E-state index in [0.717, 1.165) is 31.6 Å². The van der Waals surface area contributed by atoms with E-state index in [1.807, 2.05) is 18.2 Å². The number of methoxy groups -OCH3 is 1. The van der Waals surface area contributed by atoms with Gasteiger partial charge in [-0.15, -0.1) is 0 Å². The summed E-state index contributed by atoms with van der Waals surface area (Å²) in [6, 6.07) is 5.68. The lowest BCUT2D eigenvalue weighted by Gasteiger charge is -2.34. The van der Waals surface area contributed by atoms with Crippen LogP contribution >= 0.6 is 0 Å². The molecule has 1 saturated heterocycles. The molecule has 4 heteroatoms. The number of benzene rings is 1. The Hall–Kier alpha value is -1.55. The molecule has 1 N–H and O–H groups in total. The highest BCUT2D eigenvalue weighted by Gasteiger charge is 2.24. The van der Waals surface area contributed by atoms with Crippen LogP contribution in [0.4, 0.5) is 5.69 Å². The fourth-order valence-corrected chi connectivity index (χ4v) is 2.74. The molecule has 0 spiro atoms. The zero-order valence-corrected chi connectivity index (χ0v) is 11.6. The van der Waals surface area contributed by atoms with E-state index < -0.39 is 0 Å². The quantitative estimate of drug-likeness (QED) is 0.845. The van der Waals surface area contributed by atoms with Crippen LogP contribution in [0.25, 0.3) is 0 Å². The molecule has 1 aromatic rings. The molecular formula is C15H21NO3. The van der Waals surface area contributed by atoms with Crippen molar-refractivity contribution in [2.75, 3.05) is 31.7 Å². The monoisotopic (exact) mass is 263 g/mol. The van der Waals surface area contributed by atoms with Gasteiger partial charge in [0, 0.05) is 19.7 Å². The molecule has 0 aromatic heterocycles. The van der Waals surface area contributed by atoms with Crippen LogP contribution in [-0.2, 0) is 0 Å². The molecule has 0 aliphatic carbocycles. The topological polar surface area (TPSA) is 49.8 Å². The number of ether oxygens (including phenoxy) is 1. The second kappa shape index (κ2) is 6.06. The summed E-state index contributed by atoms with van der Waals surface area (Å²) < 4.78 is 5.29. The average Bonchev–Trinajstić information content (AvgIpc) is 2.46. The molecule has 0 saturated carbocycles. The molecule has 1 unspecified atom stereocenters. The van der Waals surface area contributed by atoms with Crippen LogP contribution in [0.1, 0.15) is 30.1 Å². The minimum Gasteiger partial charge on any atom is -0.496 e. The highest BCUT2D eigenvalue weighted by molar-refractivity contribution is 6.02. The number of piperidine rings is 1. The van der Waals surface area contributed by atoms with Crippen molar-refractivity contribution in [3.63, 3.8) is 0 Å². The van der Waals surface area contributed by atoms with E-state index in [-0.39, 0.29) is 12.4 Å². The maximum Gasteiger partial charge on any atom is 0.165 e. The van der Waals surface area contributed by atoms with E-state index in [0.29, 0.717) is 17.2 Å². The van der Waals surface area contributed by atoms with Crippen LogP contribution in [0.2, 0.25) is 0 Å². The number of aliphatic hydroxyl groups is 1. The lowest BCUT2D eigenvalue weighted by molar-refractivity contribution is 0.101. The zero-order valence-electron chi connectivity index (χ0n) is 11.6. The van der Waals surface area contributed by atoms with Crippen molar-refractivity contribution in [2.45, 2.75) is 19.8 Å². The number of carbonyl (C=O) groups is 1. The van der Waals surface area contributed by atoms with Crippen LogP contribution in [0.15, 0.2) is 18.2 Å². The summed E-state index contributed by atoms with van der Waals surface area (Å²) in [5, 5.41) is 9.32. The first-order valence-electron chi connectivity index (χ1n) is 6.71. The molecule has 1 aromatic carbocycles. The van der Waals surface area contributed by atoms with Gasteiger partial charge in [0.05, 0.1) is 18.4 Å². The first kappa shape index (κ1) is 13.9. The second-order valence-electron chi connectivity index (χ2n) is 5.05. The number of carbonyl (C=O) groups excluding carboxylic acids is 1. The molecule has 1 aliphatic heterocycles. The maximum absolute atomic E-state index is 11.9. The van der Waals surface area contributed by atoms with E-state index in [1.54, 1.807) is 14.0 Å². The van der Waals surface area contributed by atoms with Gasteiger partial charge in [-0.05, 0) is 37.8 Å². The fraction of sp³-hybridized carbons (Fsp3) is 0.533. The summed E-state index contributed by atoms with van der Waals surface area (Å²) in [5.41, 5.74) is 1.56. The minimum atomic E-state index is 0.0126. The number of rotatable bonds is 4. The van der Waals surface area contributed by atoms with Crippen LogP contribution in [0.5, 0.6) is 5.75 Å². The summed E-state index contributed by atoms with van der Waals surface area (Å²) >= 11 is 0. The third-order valence-corrected chi connectivity index (χ3v) is 3.69. The normalized spacial score (nSPS) is 19.3. The summed E-state index contributed by atoms with van der Waals surface area (Å²) in [4.78, 5) is 14.1. The van der Waals surface area contributed by atoms with Gasteiger partial charge in [0.2, 0.25) is 0 Å². The standard InChI is InChI=1S/C15H21NO3/c1-11(18)15-13(6-3-7-14(15)19-2)16-8-4-5-12(9-16)10-17/h3,6-7,12,17H,4-5,8-10H2,1-2H3. The molecule has 19 heavy (non-hydrogen) atoms. The number of anilines is 1. The van der Waals surface area contributed by atoms with E-state index in [4.69, 9.17) is 4.74 Å². The van der Waals surface area contributed by atoms with Crippen molar-refractivity contribution in [2.24, 2.45) is 5.92 Å². The number of nitrogens with zero attached hydrogens (tertiary/aromatic N) is 1. The smallest absolute Gasteiger partial charge is 0.165 e. The van der Waals surface area contributed by atoms with Gasteiger partial charge >= 0.3 is 0 Å². The van der Waals surface area contributed by atoms with Gasteiger partial charge < -0.3 is 14.7 Å². The Bertz CT molecular complexity index is 459. The summed E-state index contributed by atoms with van der Waals surface area (Å²) in [6.45, 7) is 3.48. The predicted molar refractivity (Wildman–Crippen MR) is 75.0 cm³/mol. The average molecular weight is 263 g/mol. The Balaban J connectivity index is 2.35. The van der Waals surface area contributed by atoms with Crippen LogP contribution in [0.3, 0.4) is 0 Å². The lowest BCUT2D eigenvalue weighted by Crippen LogP contribution is -2.37. The first-order chi connectivity index (χ1) is 9.17. The van der Waals surface area contributed by atoms with Gasteiger partial charge in [-0.25, -0.2) is 0 Å². The van der Waals surface area contributed by atoms with Crippen molar-refractivity contribution in [3.8, 4) is 5.75 Å². The fourth-order valence-electron chi connectivity index (χ4n) is 2.74. The van der Waals surface area contributed by atoms with Crippen molar-refractivity contribution < 1.29 is 14.6 Å². The Kier molecular flexibility index (Phi) is 4.43. The summed E-state index contributed by atoms with van der Waals surface area (Å²) in [5.74, 6) is 0.925. The molecule has 1 fully saturated rings. The third kappa shape index (κ3) is 2.89. The molecule has 1 aliphatic rings. The molecule has 104 valence electrons. The Morgan fingerprint density at radius 2 is 2.32 bits per heavy atom. The van der Waals surface area contributed by atoms with E-state index in [9.17, 15) is 9.90 Å². The molecule has 2 rings (SSSR count). The van der Waals surface area contributed by atoms with Gasteiger partial charge in [0.15, 0.2) is 5.78 Å². The number of ketones is 1. The zero-order chi connectivity index (χ0) is 13.8. The molecule has 4 nitrogen and oxygen atoms in total. The van der Waals surface area contributed by atoms with Gasteiger partial charge in [0.25, 0.3) is 0 Å². The highest BCUT2D eigenvalue weighted by Crippen LogP contribution is 2.32. The number of hydrogen-bond donors (Lipinski definition) is 1. The molecule has 0 bridgehead atoms. The summed E-state index contributed by atoms with van der Waals surface area (Å²) in [7, 11) is 1.58. The first-order valence-corrected chi connectivity index (χ1v) is 6.71. The van der Waals surface area contributed by atoms with Gasteiger partial charge in [-0.3, -0.25) is 4.79 Å². The van der Waals surface area contributed by atoms with Gasteiger partial charge in [-0.1, -0.05) is 6.07 Å². The third-order valence-electron chi connectivity index (χ3n) is 3.69. The molecular weight excluding hydrogens is 242 g/mol. The van der Waals surface area contributed by atoms with Crippen LogP contribution < -0.4 is 9.64 Å². The number of aliphatic hydroxyl groups excluding tert-OH is 1. The van der Waals surface area contributed by atoms with Crippen molar-refractivity contribution >= 4 is 11.5 Å². The molecule has 1 atom stereocenters. The lowest BCUT2D eigenvalue weighted by atomic mass is 9.97. The Morgan fingerprint density at radius 1 is 1.53 bits per heavy atom. The Labute approximate surface area is 114 Å². The minimum absolute atomic E-state index is 0.0126. The predicted octanol–water partition coefficient (Wildman–Crippen LogP) is 2.11. The summed E-state index contributed by atoms with van der Waals surface area (Å²) in [6.07, 6.45) is 2.09. The SMILES string of the molecule is COc1cccc(N2CCCC(CO)C2)c1C(C)=O. The van der Waals surface area contributed by atoms with E-state index >= 15 is 0 Å². The largest absolute Gasteiger partial charge is 0.496 e. The highest BCUT2D eigenvalue weighted by atomic mass is 16.5. The molecule has 0 amide bonds. The van der Waals surface area contributed by atoms with E-state index in [1.165, 1.54) is 0 Å². The van der Waals surface area contributed by atoms with Crippen LogP contribution in [0, 0.1) is 5.92 Å². The number of hydrogen-bond acceptors (Lipinski definition) is 4. The van der Waals surface area contributed by atoms with Crippen molar-refractivity contribution in [1.82, 2.24) is 0 Å². The molecule has 0 radical (unpaired) electrons. The molecule has 1 heterocycles. The Morgan fingerprint density at radius 3 is 2.95 bits per heavy atom. The van der Waals surface area contributed by atoms with Crippen molar-refractivity contribution in [1.29, 1.82) is 0 Å².